The van der Waals surface area contributed by atoms with Gasteiger partial charge in [0.15, 0.2) is 0 Å². The van der Waals surface area contributed by atoms with Crippen LogP contribution < -0.4 is 9.47 Å². The molecule has 0 radical (unpaired) electrons. The fourth-order valence-electron chi connectivity index (χ4n) is 3.67. The summed E-state index contributed by atoms with van der Waals surface area (Å²) in [4.78, 5) is 12.4. The highest BCUT2D eigenvalue weighted by molar-refractivity contribution is 5.91. The molecule has 3 aromatic rings. The second kappa shape index (κ2) is 10.5. The first-order valence-electron chi connectivity index (χ1n) is 11.5. The first kappa shape index (κ1) is 28.1. The van der Waals surface area contributed by atoms with Crippen LogP contribution in [0.2, 0.25) is 0 Å². The molecule has 0 saturated carbocycles. The molecule has 198 valence electrons. The van der Waals surface area contributed by atoms with Crippen LogP contribution in [0, 0.1) is 0 Å². The van der Waals surface area contributed by atoms with Crippen molar-refractivity contribution in [1.82, 2.24) is 0 Å². The molecule has 37 heavy (non-hydrogen) atoms. The van der Waals surface area contributed by atoms with E-state index < -0.39 is 46.7 Å². The largest absolute Gasteiger partial charge is 0.490 e. The summed E-state index contributed by atoms with van der Waals surface area (Å²) in [5, 5.41) is 0. The van der Waals surface area contributed by atoms with Crippen molar-refractivity contribution < 1.29 is 40.6 Å². The summed E-state index contributed by atoms with van der Waals surface area (Å²) in [6.45, 7) is 6.45. The lowest BCUT2D eigenvalue weighted by molar-refractivity contribution is -0.139. The van der Waals surface area contributed by atoms with Gasteiger partial charge < -0.3 is 9.47 Å². The molecule has 0 saturated heterocycles. The van der Waals surface area contributed by atoms with Crippen LogP contribution in [-0.2, 0) is 17.8 Å². The molecule has 3 rings (SSSR count). The monoisotopic (exact) mass is 524 g/mol. The molecular weight excluding hydrogens is 498 g/mol. The molecule has 0 aliphatic rings. The Bertz CT molecular complexity index is 1250. The molecule has 0 amide bonds. The molecular formula is C28H26F6O3. The minimum absolute atomic E-state index is 0.0689. The van der Waals surface area contributed by atoms with Gasteiger partial charge in [0.2, 0.25) is 0 Å². The molecule has 0 bridgehead atoms. The molecule has 0 aliphatic carbocycles. The van der Waals surface area contributed by atoms with E-state index >= 15 is 0 Å². The lowest BCUT2D eigenvalue weighted by atomic mass is 9.77. The first-order chi connectivity index (χ1) is 17.1. The van der Waals surface area contributed by atoms with Crippen molar-refractivity contribution in [1.29, 1.82) is 0 Å². The number of ether oxygens (including phenoxy) is 2. The zero-order valence-corrected chi connectivity index (χ0v) is 20.6. The predicted octanol–water partition coefficient (Wildman–Crippen LogP) is 8.45. The van der Waals surface area contributed by atoms with Gasteiger partial charge in [-0.3, -0.25) is 0 Å². The second-order valence-corrected chi connectivity index (χ2v) is 9.13. The van der Waals surface area contributed by atoms with Crippen LogP contribution in [0.1, 0.15) is 66.7 Å². The van der Waals surface area contributed by atoms with Gasteiger partial charge in [-0.1, -0.05) is 51.1 Å². The summed E-state index contributed by atoms with van der Waals surface area (Å²) in [5.41, 5.74) is -3.20. The number of hydrogen-bond donors (Lipinski definition) is 0. The second-order valence-electron chi connectivity index (χ2n) is 9.13. The summed E-state index contributed by atoms with van der Waals surface area (Å²) >= 11 is 0. The number of benzene rings is 3. The van der Waals surface area contributed by atoms with Gasteiger partial charge in [-0.15, -0.1) is 0 Å². The van der Waals surface area contributed by atoms with Crippen LogP contribution in [0.5, 0.6) is 11.5 Å². The fourth-order valence-corrected chi connectivity index (χ4v) is 3.67. The Balaban J connectivity index is 2.04. The third-order valence-corrected chi connectivity index (χ3v) is 6.13. The number of halogens is 6. The van der Waals surface area contributed by atoms with Gasteiger partial charge in [0.25, 0.3) is 0 Å². The van der Waals surface area contributed by atoms with Crippen molar-refractivity contribution in [3.63, 3.8) is 0 Å². The van der Waals surface area contributed by atoms with E-state index in [4.69, 9.17) is 9.47 Å². The highest BCUT2D eigenvalue weighted by Crippen LogP contribution is 2.44. The quantitative estimate of drug-likeness (QED) is 0.177. The van der Waals surface area contributed by atoms with Gasteiger partial charge >= 0.3 is 18.3 Å². The summed E-state index contributed by atoms with van der Waals surface area (Å²) in [7, 11) is 0. The molecule has 3 nitrogen and oxygen atoms in total. The smallest absolute Gasteiger partial charge is 0.419 e. The molecule has 0 N–H and O–H groups in total. The number of alkyl halides is 6. The first-order valence-corrected chi connectivity index (χ1v) is 11.5. The van der Waals surface area contributed by atoms with Crippen molar-refractivity contribution in [2.24, 2.45) is 0 Å². The lowest BCUT2D eigenvalue weighted by Gasteiger charge is -2.29. The summed E-state index contributed by atoms with van der Waals surface area (Å²) in [6, 6.07) is 14.1. The topological polar surface area (TPSA) is 35.5 Å². The Morgan fingerprint density at radius 3 is 1.76 bits per heavy atom. The molecule has 1 atom stereocenters. The van der Waals surface area contributed by atoms with Crippen molar-refractivity contribution in [2.75, 3.05) is 0 Å². The number of esters is 1. The third-order valence-electron chi connectivity index (χ3n) is 6.13. The third kappa shape index (κ3) is 6.45. The predicted molar refractivity (Wildman–Crippen MR) is 127 cm³/mol. The highest BCUT2D eigenvalue weighted by Gasteiger charge is 2.39. The fraction of sp³-hybridized carbons (Fsp3) is 0.321. The van der Waals surface area contributed by atoms with Gasteiger partial charge in [-0.2, -0.15) is 26.3 Å². The van der Waals surface area contributed by atoms with Crippen molar-refractivity contribution in [3.05, 3.63) is 94.5 Å². The van der Waals surface area contributed by atoms with Crippen LogP contribution in [-0.4, -0.2) is 12.1 Å². The lowest BCUT2D eigenvalue weighted by Crippen LogP contribution is -2.22. The minimum Gasteiger partial charge on any atom is -0.490 e. The molecule has 0 aromatic heterocycles. The van der Waals surface area contributed by atoms with E-state index in [-0.39, 0.29) is 22.4 Å². The zero-order valence-electron chi connectivity index (χ0n) is 20.6. The van der Waals surface area contributed by atoms with E-state index in [9.17, 15) is 31.1 Å². The molecule has 1 unspecified atom stereocenters. The van der Waals surface area contributed by atoms with Crippen molar-refractivity contribution >= 4 is 5.97 Å². The van der Waals surface area contributed by atoms with Crippen molar-refractivity contribution in [3.8, 4) is 11.5 Å². The number of hydrogen-bond acceptors (Lipinski definition) is 3. The van der Waals surface area contributed by atoms with E-state index in [0.717, 1.165) is 18.2 Å². The average molecular weight is 525 g/mol. The number of carbonyl (C=O) groups is 1. The average Bonchev–Trinajstić information content (AvgIpc) is 2.83. The van der Waals surface area contributed by atoms with Crippen LogP contribution in [0.3, 0.4) is 0 Å². The Morgan fingerprint density at radius 2 is 1.27 bits per heavy atom. The molecule has 0 fully saturated rings. The normalized spacial score (nSPS) is 13.2. The molecule has 3 aromatic carbocycles. The van der Waals surface area contributed by atoms with Crippen molar-refractivity contribution in [2.45, 2.75) is 58.0 Å². The van der Waals surface area contributed by atoms with Gasteiger partial charge in [-0.25, -0.2) is 4.79 Å². The Hall–Kier alpha value is -3.49. The highest BCUT2D eigenvalue weighted by atomic mass is 19.4. The SMILES string of the molecule is CCC(C)Oc1ccc(C(C)(C)c2ccc(OC(=O)c3ccccc3)c(C(F)(F)F)c2)cc1C(F)(F)F. The maximum Gasteiger partial charge on any atom is 0.419 e. The van der Waals surface area contributed by atoms with Gasteiger partial charge in [0.05, 0.1) is 22.8 Å². The van der Waals surface area contributed by atoms with E-state index in [1.165, 1.54) is 44.2 Å². The Morgan fingerprint density at radius 1 is 0.784 bits per heavy atom. The molecule has 0 aliphatic heterocycles. The Kier molecular flexibility index (Phi) is 7.95. The van der Waals surface area contributed by atoms with E-state index in [1.54, 1.807) is 32.0 Å². The van der Waals surface area contributed by atoms with E-state index in [1.807, 2.05) is 0 Å². The maximum atomic E-state index is 13.9. The van der Waals surface area contributed by atoms with Crippen LogP contribution in [0.4, 0.5) is 26.3 Å². The summed E-state index contributed by atoms with van der Waals surface area (Å²) < 4.78 is 93.8. The summed E-state index contributed by atoms with van der Waals surface area (Å²) in [6.07, 6.45) is -9.59. The van der Waals surface area contributed by atoms with Crippen LogP contribution in [0.15, 0.2) is 66.7 Å². The molecule has 0 spiro atoms. The Labute approximate surface area is 211 Å². The van der Waals surface area contributed by atoms with Crippen LogP contribution in [0.25, 0.3) is 0 Å². The standard InChI is InChI=1S/C28H26F6O3/c1-5-17(2)36-23-13-11-19(15-21(23)27(29,30)31)26(3,4)20-12-14-24(22(16-20)28(32,33)34)37-25(35)18-9-7-6-8-10-18/h6-17H,5H2,1-4H3. The van der Waals surface area contributed by atoms with Gasteiger partial charge in [-0.05, 0) is 60.9 Å². The zero-order chi connectivity index (χ0) is 27.6. The number of carbonyl (C=O) groups excluding carboxylic acids is 1. The summed E-state index contributed by atoms with van der Waals surface area (Å²) in [5.74, 6) is -2.01. The number of rotatable bonds is 7. The van der Waals surface area contributed by atoms with Crippen LogP contribution >= 0.6 is 0 Å². The van der Waals surface area contributed by atoms with Gasteiger partial charge in [0.1, 0.15) is 11.5 Å². The minimum atomic E-state index is -4.89. The van der Waals surface area contributed by atoms with E-state index in [2.05, 4.69) is 0 Å². The molecule has 9 heteroatoms. The maximum absolute atomic E-state index is 13.9. The van der Waals surface area contributed by atoms with Gasteiger partial charge in [0, 0.05) is 5.41 Å². The molecule has 0 heterocycles. The van der Waals surface area contributed by atoms with E-state index in [0.29, 0.717) is 6.42 Å².